The van der Waals surface area contributed by atoms with Gasteiger partial charge < -0.3 is 9.63 Å². The molecule has 1 heterocycles. The lowest BCUT2D eigenvalue weighted by atomic mass is 10.1. The molecule has 0 fully saturated rings. The summed E-state index contributed by atoms with van der Waals surface area (Å²) >= 11 is 7.48. The van der Waals surface area contributed by atoms with Crippen LogP contribution in [0.15, 0.2) is 77.4 Å². The van der Waals surface area contributed by atoms with E-state index in [1.165, 1.54) is 42.3 Å². The first kappa shape index (κ1) is 32.2. The molecule has 0 aliphatic rings. The number of fused-ring (bicyclic) bond motifs is 1. The Morgan fingerprint density at radius 2 is 1.65 bits per heavy atom. The van der Waals surface area contributed by atoms with Gasteiger partial charge in [0, 0.05) is 28.8 Å². The lowest BCUT2D eigenvalue weighted by molar-refractivity contribution is -0.231. The van der Waals surface area contributed by atoms with Crippen molar-refractivity contribution >= 4 is 64.5 Å². The number of carbonyl (C=O) groups is 1. The van der Waals surface area contributed by atoms with Crippen LogP contribution in [0.4, 0.5) is 17.6 Å². The van der Waals surface area contributed by atoms with E-state index in [1.807, 2.05) is 0 Å². The molecular weight excluding hydrogens is 627 g/mol. The number of carbonyl (C=O) groups excluding carboxylic acids is 1. The molecule has 2 atom stereocenters. The summed E-state index contributed by atoms with van der Waals surface area (Å²) in [4.78, 5) is 18.5. The SMILES string of the molecule is CCOP(C)(=O)C(C(=O)N(/C=C/c1ccc(F)c(F)c1)C([O-])=N/C=C/c1ccc(F)c(F)c1)c1csc2ccc(Cl)cc12. The van der Waals surface area contributed by atoms with Crippen molar-refractivity contribution in [2.45, 2.75) is 12.6 Å². The van der Waals surface area contributed by atoms with Gasteiger partial charge in [-0.05, 0) is 89.0 Å². The average molecular weight is 650 g/mol. The Balaban J connectivity index is 1.81. The van der Waals surface area contributed by atoms with Crippen LogP contribution < -0.4 is 5.11 Å². The number of hydrogen-bond acceptors (Lipinski definition) is 6. The zero-order valence-electron chi connectivity index (χ0n) is 22.6. The number of aliphatic imine (C=N–C) groups is 1. The summed E-state index contributed by atoms with van der Waals surface area (Å²) < 4.78 is 74.3. The fourth-order valence-corrected chi connectivity index (χ4v) is 7.30. The largest absolute Gasteiger partial charge is 0.845 e. The van der Waals surface area contributed by atoms with Crippen molar-refractivity contribution in [3.8, 4) is 0 Å². The minimum Gasteiger partial charge on any atom is -0.845 e. The van der Waals surface area contributed by atoms with Crippen molar-refractivity contribution in [3.63, 3.8) is 0 Å². The highest BCUT2D eigenvalue weighted by molar-refractivity contribution is 7.59. The highest BCUT2D eigenvalue weighted by Gasteiger charge is 2.40. The van der Waals surface area contributed by atoms with Crippen LogP contribution in [0.25, 0.3) is 22.2 Å². The Kier molecular flexibility index (Phi) is 10.2. The van der Waals surface area contributed by atoms with Gasteiger partial charge in [-0.2, -0.15) is 0 Å². The number of thiophene rings is 1. The van der Waals surface area contributed by atoms with Crippen LogP contribution in [0.5, 0.6) is 0 Å². The van der Waals surface area contributed by atoms with Crippen molar-refractivity contribution in [1.29, 1.82) is 0 Å². The van der Waals surface area contributed by atoms with Gasteiger partial charge in [-0.3, -0.25) is 19.3 Å². The molecule has 0 saturated carbocycles. The smallest absolute Gasteiger partial charge is 0.248 e. The second kappa shape index (κ2) is 13.7. The van der Waals surface area contributed by atoms with Gasteiger partial charge in [-0.1, -0.05) is 23.7 Å². The molecule has 6 nitrogen and oxygen atoms in total. The third-order valence-corrected chi connectivity index (χ3v) is 9.57. The van der Waals surface area contributed by atoms with Gasteiger partial charge in [0.15, 0.2) is 23.3 Å². The predicted octanol–water partition coefficient (Wildman–Crippen LogP) is 7.98. The fraction of sp³-hybridized carbons (Fsp3) is 0.133. The van der Waals surface area contributed by atoms with Crippen molar-refractivity contribution in [1.82, 2.24) is 4.90 Å². The van der Waals surface area contributed by atoms with E-state index in [0.717, 1.165) is 41.4 Å². The molecule has 1 amide bonds. The van der Waals surface area contributed by atoms with E-state index in [1.54, 1.807) is 30.5 Å². The maximum Gasteiger partial charge on any atom is 0.248 e. The van der Waals surface area contributed by atoms with Gasteiger partial charge in [-0.15, -0.1) is 11.3 Å². The van der Waals surface area contributed by atoms with Crippen molar-refractivity contribution in [2.24, 2.45) is 4.99 Å². The van der Waals surface area contributed by atoms with E-state index in [2.05, 4.69) is 4.99 Å². The molecule has 0 bridgehead atoms. The van der Waals surface area contributed by atoms with Crippen LogP contribution in [0, 0.1) is 23.3 Å². The van der Waals surface area contributed by atoms with Crippen LogP contribution in [-0.2, 0) is 13.9 Å². The molecule has 0 aliphatic heterocycles. The topological polar surface area (TPSA) is 82.0 Å². The molecule has 0 N–H and O–H groups in total. The molecule has 0 aliphatic carbocycles. The second-order valence-corrected chi connectivity index (χ2v) is 13.1. The number of benzene rings is 3. The first-order chi connectivity index (χ1) is 20.4. The minimum absolute atomic E-state index is 0.000365. The molecule has 3 aromatic carbocycles. The summed E-state index contributed by atoms with van der Waals surface area (Å²) in [5.41, 5.74) is -0.887. The van der Waals surface area contributed by atoms with Crippen LogP contribution in [0.3, 0.4) is 0 Å². The maximum absolute atomic E-state index is 14.2. The molecule has 2 unspecified atom stereocenters. The number of nitrogens with zero attached hydrogens (tertiary/aromatic N) is 2. The summed E-state index contributed by atoms with van der Waals surface area (Å²) in [6, 6.07) is 9.83. The number of hydrogen-bond donors (Lipinski definition) is 0. The van der Waals surface area contributed by atoms with E-state index in [9.17, 15) is 32.0 Å². The molecule has 4 rings (SSSR count). The van der Waals surface area contributed by atoms with E-state index in [-0.39, 0.29) is 17.7 Å². The number of rotatable bonds is 9. The number of amides is 1. The molecule has 0 saturated heterocycles. The van der Waals surface area contributed by atoms with Crippen molar-refractivity contribution in [3.05, 3.63) is 117 Å². The second-order valence-electron chi connectivity index (χ2n) is 9.16. The summed E-state index contributed by atoms with van der Waals surface area (Å²) in [7, 11) is -3.81. The zero-order valence-corrected chi connectivity index (χ0v) is 25.1. The molecule has 43 heavy (non-hydrogen) atoms. The van der Waals surface area contributed by atoms with Crippen LogP contribution in [-0.4, -0.2) is 30.1 Å². The highest BCUT2D eigenvalue weighted by Crippen LogP contribution is 2.59. The van der Waals surface area contributed by atoms with Crippen molar-refractivity contribution < 1.29 is 36.6 Å². The van der Waals surface area contributed by atoms with Gasteiger partial charge in [0.25, 0.3) is 0 Å². The third kappa shape index (κ3) is 7.61. The molecule has 13 heteroatoms. The van der Waals surface area contributed by atoms with E-state index >= 15 is 0 Å². The van der Waals surface area contributed by atoms with Gasteiger partial charge in [0.1, 0.15) is 5.66 Å². The normalized spacial score (nSPS) is 14.4. The first-order valence-electron chi connectivity index (χ1n) is 12.6. The molecule has 1 aromatic heterocycles. The quantitative estimate of drug-likeness (QED) is 0.0797. The minimum atomic E-state index is -3.81. The Morgan fingerprint density at radius 3 is 2.26 bits per heavy atom. The molecule has 0 spiro atoms. The van der Waals surface area contributed by atoms with Crippen LogP contribution in [0.2, 0.25) is 5.02 Å². The van der Waals surface area contributed by atoms with Gasteiger partial charge in [-0.25, -0.2) is 17.6 Å². The zero-order chi connectivity index (χ0) is 31.3. The molecule has 0 radical (unpaired) electrons. The average Bonchev–Trinajstić information content (AvgIpc) is 3.35. The Morgan fingerprint density at radius 1 is 1.02 bits per heavy atom. The first-order valence-corrected chi connectivity index (χ1v) is 16.0. The van der Waals surface area contributed by atoms with Gasteiger partial charge in [0.2, 0.25) is 13.3 Å². The van der Waals surface area contributed by atoms with Crippen LogP contribution in [0.1, 0.15) is 29.3 Å². The van der Waals surface area contributed by atoms with E-state index in [0.29, 0.717) is 20.9 Å². The molecular formula is C30H23ClF4N2O4PS-. The van der Waals surface area contributed by atoms with Crippen LogP contribution >= 0.6 is 30.3 Å². The monoisotopic (exact) mass is 649 g/mol. The summed E-state index contributed by atoms with van der Waals surface area (Å²) in [6.07, 6.45) is 4.35. The summed E-state index contributed by atoms with van der Waals surface area (Å²) in [6.45, 7) is 2.87. The number of halogens is 5. The Bertz CT molecular complexity index is 1810. The summed E-state index contributed by atoms with van der Waals surface area (Å²) in [5.74, 6) is -5.39. The predicted molar refractivity (Wildman–Crippen MR) is 160 cm³/mol. The standard InChI is InChI=1S/C30H24ClF4N2O4PS/c1-3-41-42(2,40)28(22-17-43-27-9-6-20(31)16-21(22)27)29(38)37(13-11-19-5-8-24(33)26(35)15-19)30(39)36-12-10-18-4-7-23(32)25(34)14-18/h4-17,28H,3H2,1-2H3,(H,36,39)/p-1/b12-10+,13-11+. The van der Waals surface area contributed by atoms with Gasteiger partial charge in [0.05, 0.1) is 12.6 Å². The fourth-order valence-electron chi connectivity index (χ4n) is 4.16. The molecule has 224 valence electrons. The maximum atomic E-state index is 14.2. The van der Waals surface area contributed by atoms with Gasteiger partial charge >= 0.3 is 0 Å². The highest BCUT2D eigenvalue weighted by atomic mass is 35.5. The lowest BCUT2D eigenvalue weighted by Crippen LogP contribution is -2.42. The molecule has 4 aromatic rings. The number of amidine groups is 1. The Labute approximate surface area is 253 Å². The summed E-state index contributed by atoms with van der Waals surface area (Å²) in [5, 5.41) is 15.9. The van der Waals surface area contributed by atoms with E-state index in [4.69, 9.17) is 16.1 Å². The van der Waals surface area contributed by atoms with Crippen molar-refractivity contribution in [2.75, 3.05) is 13.3 Å². The Hall–Kier alpha value is -3.76. The third-order valence-electron chi connectivity index (χ3n) is 6.15. The lowest BCUT2D eigenvalue weighted by Gasteiger charge is -2.30. The van der Waals surface area contributed by atoms with E-state index < -0.39 is 48.2 Å².